The molecule has 0 saturated carbocycles. The Kier molecular flexibility index (Phi) is 6.35. The number of ether oxygens (including phenoxy) is 1. The lowest BCUT2D eigenvalue weighted by Gasteiger charge is -2.20. The summed E-state index contributed by atoms with van der Waals surface area (Å²) in [5.74, 6) is -0.483. The third-order valence-electron chi connectivity index (χ3n) is 5.81. The summed E-state index contributed by atoms with van der Waals surface area (Å²) in [6.07, 6.45) is -0.908. The van der Waals surface area contributed by atoms with Gasteiger partial charge in [-0.25, -0.2) is 4.79 Å². The number of nitrogens with one attached hydrogen (secondary N) is 2. The van der Waals surface area contributed by atoms with Crippen molar-refractivity contribution in [2.75, 3.05) is 13.7 Å². The minimum absolute atomic E-state index is 0.101. The van der Waals surface area contributed by atoms with Crippen molar-refractivity contribution in [3.63, 3.8) is 0 Å². The Labute approximate surface area is 190 Å². The number of nitrogens with zero attached hydrogens (tertiary/aromatic N) is 1. The first-order valence-electron chi connectivity index (χ1n) is 10.5. The molecule has 0 spiro atoms. The normalized spacial score (nSPS) is 12.9. The number of carbonyl (C=O) groups is 2. The van der Waals surface area contributed by atoms with Gasteiger partial charge in [0.2, 0.25) is 5.91 Å². The summed E-state index contributed by atoms with van der Waals surface area (Å²) in [6.45, 7) is 0.101. The second-order valence-electron chi connectivity index (χ2n) is 7.72. The standard InChI is InChI=1S/C25H23N3O5/c1-26-24(29)14-22(20-12-6-7-13-23(20)28(31)32)27-25(30)33-15-21-18-10-4-2-8-16(18)17-9-3-5-11-19(17)21/h2-13,21-22H,14-15H2,1H3,(H,26,29)(H,27,30). The van der Waals surface area contributed by atoms with Crippen LogP contribution in [0.2, 0.25) is 0 Å². The van der Waals surface area contributed by atoms with Crippen LogP contribution >= 0.6 is 0 Å². The largest absolute Gasteiger partial charge is 0.449 e. The molecule has 0 aromatic heterocycles. The molecule has 0 fully saturated rings. The average Bonchev–Trinajstić information content (AvgIpc) is 3.16. The van der Waals surface area contributed by atoms with Gasteiger partial charge in [-0.05, 0) is 22.3 Å². The number of para-hydroxylation sites is 1. The number of nitro benzene ring substituents is 1. The van der Waals surface area contributed by atoms with Gasteiger partial charge in [0.15, 0.2) is 0 Å². The first-order chi connectivity index (χ1) is 16.0. The second kappa shape index (κ2) is 9.52. The minimum Gasteiger partial charge on any atom is -0.449 e. The van der Waals surface area contributed by atoms with E-state index in [0.717, 1.165) is 22.3 Å². The van der Waals surface area contributed by atoms with Crippen molar-refractivity contribution in [1.29, 1.82) is 0 Å². The van der Waals surface area contributed by atoms with Gasteiger partial charge in [-0.15, -0.1) is 0 Å². The van der Waals surface area contributed by atoms with Crippen molar-refractivity contribution in [1.82, 2.24) is 10.6 Å². The van der Waals surface area contributed by atoms with Crippen LogP contribution in [-0.2, 0) is 9.53 Å². The fraction of sp³-hybridized carbons (Fsp3) is 0.200. The third-order valence-corrected chi connectivity index (χ3v) is 5.81. The molecule has 2 N–H and O–H groups in total. The van der Waals surface area contributed by atoms with E-state index in [4.69, 9.17) is 4.74 Å². The Morgan fingerprint density at radius 2 is 1.55 bits per heavy atom. The van der Waals surface area contributed by atoms with Crippen molar-refractivity contribution in [3.8, 4) is 11.1 Å². The van der Waals surface area contributed by atoms with Crippen molar-refractivity contribution in [3.05, 3.63) is 99.6 Å². The summed E-state index contributed by atoms with van der Waals surface area (Å²) in [5.41, 5.74) is 4.43. The molecule has 3 aromatic carbocycles. The van der Waals surface area contributed by atoms with Gasteiger partial charge in [0.1, 0.15) is 6.61 Å². The van der Waals surface area contributed by atoms with Crippen molar-refractivity contribution < 1.29 is 19.2 Å². The Bertz CT molecular complexity index is 1160. The molecule has 168 valence electrons. The minimum atomic E-state index is -0.915. The van der Waals surface area contributed by atoms with E-state index >= 15 is 0 Å². The quantitative estimate of drug-likeness (QED) is 0.416. The number of carbonyl (C=O) groups excluding carboxylic acids is 2. The first kappa shape index (κ1) is 22.0. The zero-order valence-corrected chi connectivity index (χ0v) is 18.0. The Balaban J connectivity index is 1.52. The lowest BCUT2D eigenvalue weighted by molar-refractivity contribution is -0.385. The summed E-state index contributed by atoms with van der Waals surface area (Å²) < 4.78 is 5.56. The van der Waals surface area contributed by atoms with E-state index in [2.05, 4.69) is 10.6 Å². The molecular weight excluding hydrogens is 422 g/mol. The van der Waals surface area contributed by atoms with Crippen molar-refractivity contribution in [2.24, 2.45) is 0 Å². The van der Waals surface area contributed by atoms with Gasteiger partial charge < -0.3 is 15.4 Å². The topological polar surface area (TPSA) is 111 Å². The van der Waals surface area contributed by atoms with Gasteiger partial charge >= 0.3 is 6.09 Å². The molecule has 1 unspecified atom stereocenters. The highest BCUT2D eigenvalue weighted by Gasteiger charge is 2.30. The van der Waals surface area contributed by atoms with E-state index in [1.807, 2.05) is 48.5 Å². The third kappa shape index (κ3) is 4.55. The Morgan fingerprint density at radius 1 is 0.970 bits per heavy atom. The molecule has 0 aliphatic heterocycles. The van der Waals surface area contributed by atoms with Crippen LogP contribution in [0, 0.1) is 10.1 Å². The summed E-state index contributed by atoms with van der Waals surface area (Å²) >= 11 is 0. The molecule has 1 atom stereocenters. The van der Waals surface area contributed by atoms with Crippen LogP contribution in [0.3, 0.4) is 0 Å². The average molecular weight is 445 g/mol. The second-order valence-corrected chi connectivity index (χ2v) is 7.72. The highest BCUT2D eigenvalue weighted by Crippen LogP contribution is 2.44. The smallest absolute Gasteiger partial charge is 0.407 e. The van der Waals surface area contributed by atoms with E-state index in [-0.39, 0.29) is 36.1 Å². The molecule has 0 heterocycles. The van der Waals surface area contributed by atoms with E-state index < -0.39 is 17.1 Å². The fourth-order valence-corrected chi connectivity index (χ4v) is 4.26. The number of nitro groups is 1. The molecule has 0 saturated heterocycles. The number of benzene rings is 3. The Morgan fingerprint density at radius 3 is 2.15 bits per heavy atom. The van der Waals surface area contributed by atoms with Crippen LogP contribution in [0.25, 0.3) is 11.1 Å². The molecular formula is C25H23N3O5. The van der Waals surface area contributed by atoms with Crippen LogP contribution in [0.5, 0.6) is 0 Å². The molecule has 0 radical (unpaired) electrons. The molecule has 0 bridgehead atoms. The lowest BCUT2D eigenvalue weighted by atomic mass is 9.98. The molecule has 8 heteroatoms. The first-order valence-corrected chi connectivity index (χ1v) is 10.5. The van der Waals surface area contributed by atoms with Gasteiger partial charge in [-0.1, -0.05) is 66.7 Å². The van der Waals surface area contributed by atoms with Crippen LogP contribution in [0.1, 0.15) is 35.1 Å². The number of hydrogen-bond acceptors (Lipinski definition) is 5. The maximum Gasteiger partial charge on any atom is 0.407 e. The molecule has 4 rings (SSSR count). The highest BCUT2D eigenvalue weighted by molar-refractivity contribution is 5.80. The van der Waals surface area contributed by atoms with Crippen LogP contribution in [0.4, 0.5) is 10.5 Å². The predicted octanol–water partition coefficient (Wildman–Crippen LogP) is 4.31. The molecule has 33 heavy (non-hydrogen) atoms. The van der Waals surface area contributed by atoms with Gasteiger partial charge in [0.05, 0.1) is 22.9 Å². The number of fused-ring (bicyclic) bond motifs is 3. The van der Waals surface area contributed by atoms with Gasteiger partial charge in [0.25, 0.3) is 5.69 Å². The van der Waals surface area contributed by atoms with Gasteiger partial charge in [-0.2, -0.15) is 0 Å². The molecule has 2 amide bonds. The fourth-order valence-electron chi connectivity index (χ4n) is 4.26. The summed E-state index contributed by atoms with van der Waals surface area (Å²) in [7, 11) is 1.46. The maximum atomic E-state index is 12.7. The zero-order valence-electron chi connectivity index (χ0n) is 18.0. The summed E-state index contributed by atoms with van der Waals surface area (Å²) in [4.78, 5) is 35.7. The van der Waals surface area contributed by atoms with E-state index in [1.54, 1.807) is 6.07 Å². The zero-order chi connectivity index (χ0) is 23.4. The number of amides is 2. The Hall–Kier alpha value is -4.20. The van der Waals surface area contributed by atoms with E-state index in [0.29, 0.717) is 0 Å². The monoisotopic (exact) mass is 445 g/mol. The number of hydrogen-bond donors (Lipinski definition) is 2. The molecule has 8 nitrogen and oxygen atoms in total. The predicted molar refractivity (Wildman–Crippen MR) is 123 cm³/mol. The van der Waals surface area contributed by atoms with E-state index in [9.17, 15) is 19.7 Å². The van der Waals surface area contributed by atoms with Gasteiger partial charge in [0, 0.05) is 19.0 Å². The van der Waals surface area contributed by atoms with E-state index in [1.165, 1.54) is 25.2 Å². The van der Waals surface area contributed by atoms with Crippen LogP contribution < -0.4 is 10.6 Å². The number of rotatable bonds is 7. The van der Waals surface area contributed by atoms with Crippen molar-refractivity contribution >= 4 is 17.7 Å². The lowest BCUT2D eigenvalue weighted by Crippen LogP contribution is -2.34. The van der Waals surface area contributed by atoms with Crippen LogP contribution in [-0.4, -0.2) is 30.6 Å². The van der Waals surface area contributed by atoms with Crippen LogP contribution in [0.15, 0.2) is 72.8 Å². The highest BCUT2D eigenvalue weighted by atomic mass is 16.6. The SMILES string of the molecule is CNC(=O)CC(NC(=O)OCC1c2ccccc2-c2ccccc21)c1ccccc1[N+](=O)[O-]. The van der Waals surface area contributed by atoms with Crippen molar-refractivity contribution in [2.45, 2.75) is 18.4 Å². The molecule has 3 aromatic rings. The molecule has 1 aliphatic rings. The van der Waals surface area contributed by atoms with Gasteiger partial charge in [-0.3, -0.25) is 14.9 Å². The summed E-state index contributed by atoms with van der Waals surface area (Å²) in [6, 6.07) is 21.1. The number of alkyl carbamates (subject to hydrolysis) is 1. The summed E-state index contributed by atoms with van der Waals surface area (Å²) in [5, 5.41) is 16.6. The molecule has 1 aliphatic carbocycles. The maximum absolute atomic E-state index is 12.7.